The zero-order valence-corrected chi connectivity index (χ0v) is 17.9. The van der Waals surface area contributed by atoms with Crippen molar-refractivity contribution in [2.24, 2.45) is 0 Å². The number of nitrogens with zero attached hydrogens (tertiary/aromatic N) is 3. The van der Waals surface area contributed by atoms with Crippen LogP contribution in [-0.2, 0) is 0 Å². The standard InChI is InChI=1S/C24H20F2N6O/c1-14-9-10-27-21(11-14)32-23-13-22(28-15(2)29-23)30-17-4-6-18(7-5-17)31-24(33)19-8-3-16(25)12-20(19)26/h3-13H,1-2H3,(H,31,33)(H2,27,28,29,30,32). The molecule has 2 heterocycles. The number of carbonyl (C=O) groups excluding carboxylic acids is 1. The Balaban J connectivity index is 1.44. The number of nitrogens with one attached hydrogen (secondary N) is 3. The molecule has 0 atom stereocenters. The maximum atomic E-state index is 13.8. The summed E-state index contributed by atoms with van der Waals surface area (Å²) < 4.78 is 26.8. The van der Waals surface area contributed by atoms with Gasteiger partial charge in [-0.1, -0.05) is 0 Å². The van der Waals surface area contributed by atoms with Crippen LogP contribution in [0.3, 0.4) is 0 Å². The second-order valence-electron chi connectivity index (χ2n) is 7.31. The lowest BCUT2D eigenvalue weighted by Gasteiger charge is -2.11. The summed E-state index contributed by atoms with van der Waals surface area (Å²) in [5.41, 5.74) is 2.02. The van der Waals surface area contributed by atoms with E-state index in [2.05, 4.69) is 30.9 Å². The summed E-state index contributed by atoms with van der Waals surface area (Å²) in [6, 6.07) is 15.2. The number of hydrogen-bond donors (Lipinski definition) is 3. The van der Waals surface area contributed by atoms with Crippen molar-refractivity contribution in [3.05, 3.63) is 95.4 Å². The molecule has 1 amide bonds. The summed E-state index contributed by atoms with van der Waals surface area (Å²) >= 11 is 0. The molecule has 0 aliphatic heterocycles. The average molecular weight is 446 g/mol. The third-order valence-corrected chi connectivity index (χ3v) is 4.60. The molecule has 9 heteroatoms. The number of aryl methyl sites for hydroxylation is 2. The second-order valence-corrected chi connectivity index (χ2v) is 7.31. The third kappa shape index (κ3) is 5.65. The highest BCUT2D eigenvalue weighted by atomic mass is 19.1. The summed E-state index contributed by atoms with van der Waals surface area (Å²) in [7, 11) is 0. The van der Waals surface area contributed by atoms with Crippen molar-refractivity contribution >= 4 is 34.7 Å². The van der Waals surface area contributed by atoms with E-state index in [0.717, 1.165) is 23.4 Å². The quantitative estimate of drug-likeness (QED) is 0.362. The molecular formula is C24H20F2N6O. The molecule has 0 radical (unpaired) electrons. The fourth-order valence-electron chi connectivity index (χ4n) is 3.09. The first-order valence-corrected chi connectivity index (χ1v) is 10.0. The lowest BCUT2D eigenvalue weighted by Crippen LogP contribution is -2.13. The van der Waals surface area contributed by atoms with Crippen LogP contribution < -0.4 is 16.0 Å². The molecule has 0 aliphatic carbocycles. The van der Waals surface area contributed by atoms with E-state index in [1.807, 2.05) is 19.1 Å². The minimum atomic E-state index is -0.921. The van der Waals surface area contributed by atoms with Gasteiger partial charge in [-0.15, -0.1) is 0 Å². The summed E-state index contributed by atoms with van der Waals surface area (Å²) in [6.07, 6.45) is 1.72. The third-order valence-electron chi connectivity index (χ3n) is 4.60. The van der Waals surface area contributed by atoms with E-state index in [0.29, 0.717) is 35.0 Å². The molecule has 0 saturated heterocycles. The molecule has 2 aromatic carbocycles. The highest BCUT2D eigenvalue weighted by Gasteiger charge is 2.13. The monoisotopic (exact) mass is 446 g/mol. The minimum Gasteiger partial charge on any atom is -0.340 e. The Morgan fingerprint density at radius 1 is 0.788 bits per heavy atom. The Morgan fingerprint density at radius 3 is 2.18 bits per heavy atom. The SMILES string of the molecule is Cc1ccnc(Nc2cc(Nc3ccc(NC(=O)c4ccc(F)cc4F)cc3)nc(C)n2)c1. The number of halogens is 2. The summed E-state index contributed by atoms with van der Waals surface area (Å²) in [4.78, 5) is 25.3. The van der Waals surface area contributed by atoms with Crippen LogP contribution in [0.25, 0.3) is 0 Å². The second kappa shape index (κ2) is 9.39. The lowest BCUT2D eigenvalue weighted by atomic mass is 10.2. The topological polar surface area (TPSA) is 91.8 Å². The molecule has 0 bridgehead atoms. The van der Waals surface area contributed by atoms with Gasteiger partial charge in [0.05, 0.1) is 5.56 Å². The number of pyridine rings is 1. The largest absolute Gasteiger partial charge is 0.340 e. The molecule has 0 saturated carbocycles. The van der Waals surface area contributed by atoms with Gasteiger partial charge in [0, 0.05) is 29.7 Å². The van der Waals surface area contributed by atoms with E-state index in [9.17, 15) is 13.6 Å². The van der Waals surface area contributed by atoms with Gasteiger partial charge in [-0.05, 0) is 67.9 Å². The normalized spacial score (nSPS) is 10.5. The van der Waals surface area contributed by atoms with Gasteiger partial charge in [0.15, 0.2) is 0 Å². The molecule has 4 rings (SSSR count). The Kier molecular flexibility index (Phi) is 6.21. The van der Waals surface area contributed by atoms with Crippen LogP contribution in [-0.4, -0.2) is 20.9 Å². The first-order chi connectivity index (χ1) is 15.9. The summed E-state index contributed by atoms with van der Waals surface area (Å²) in [5.74, 6) is 0.0801. The zero-order valence-electron chi connectivity index (χ0n) is 17.9. The Hall–Kier alpha value is -4.40. The summed E-state index contributed by atoms with van der Waals surface area (Å²) in [5, 5.41) is 8.93. The van der Waals surface area contributed by atoms with E-state index >= 15 is 0 Å². The molecule has 0 fully saturated rings. The number of anilines is 5. The predicted octanol–water partition coefficient (Wildman–Crippen LogP) is 5.51. The number of benzene rings is 2. The number of hydrogen-bond acceptors (Lipinski definition) is 6. The maximum absolute atomic E-state index is 13.8. The molecule has 33 heavy (non-hydrogen) atoms. The number of aromatic nitrogens is 3. The van der Waals surface area contributed by atoms with Crippen LogP contribution in [0.15, 0.2) is 66.9 Å². The van der Waals surface area contributed by atoms with Gasteiger partial charge < -0.3 is 16.0 Å². The van der Waals surface area contributed by atoms with E-state index in [1.54, 1.807) is 43.5 Å². The van der Waals surface area contributed by atoms with Crippen LogP contribution in [0.1, 0.15) is 21.7 Å². The van der Waals surface area contributed by atoms with Crippen molar-refractivity contribution in [2.75, 3.05) is 16.0 Å². The molecule has 166 valence electrons. The molecule has 2 aromatic heterocycles. The van der Waals surface area contributed by atoms with Gasteiger partial charge >= 0.3 is 0 Å². The fraction of sp³-hybridized carbons (Fsp3) is 0.0833. The predicted molar refractivity (Wildman–Crippen MR) is 123 cm³/mol. The molecular weight excluding hydrogens is 426 g/mol. The van der Waals surface area contributed by atoms with Gasteiger partial charge in [0.1, 0.15) is 34.9 Å². The molecule has 0 unspecified atom stereocenters. The molecule has 3 N–H and O–H groups in total. The van der Waals surface area contributed by atoms with Crippen molar-refractivity contribution in [3.8, 4) is 0 Å². The number of amides is 1. The van der Waals surface area contributed by atoms with Crippen molar-refractivity contribution in [1.29, 1.82) is 0 Å². The molecule has 0 aliphatic rings. The van der Waals surface area contributed by atoms with Gasteiger partial charge in [-0.2, -0.15) is 0 Å². The van der Waals surface area contributed by atoms with Crippen LogP contribution >= 0.6 is 0 Å². The van der Waals surface area contributed by atoms with Gasteiger partial charge in [-0.3, -0.25) is 4.79 Å². The Bertz CT molecular complexity index is 1310. The Morgan fingerprint density at radius 2 is 1.48 bits per heavy atom. The van der Waals surface area contributed by atoms with Gasteiger partial charge in [0.25, 0.3) is 5.91 Å². The first-order valence-electron chi connectivity index (χ1n) is 10.0. The van der Waals surface area contributed by atoms with Crippen molar-refractivity contribution < 1.29 is 13.6 Å². The molecule has 4 aromatic rings. The van der Waals surface area contributed by atoms with Crippen LogP contribution in [0.2, 0.25) is 0 Å². The highest BCUT2D eigenvalue weighted by molar-refractivity contribution is 6.04. The highest BCUT2D eigenvalue weighted by Crippen LogP contribution is 2.22. The van der Waals surface area contributed by atoms with Gasteiger partial charge in [0.2, 0.25) is 0 Å². The van der Waals surface area contributed by atoms with E-state index in [-0.39, 0.29) is 5.56 Å². The Labute approximate surface area is 188 Å². The zero-order chi connectivity index (χ0) is 23.4. The fourth-order valence-corrected chi connectivity index (χ4v) is 3.09. The number of carbonyl (C=O) groups is 1. The van der Waals surface area contributed by atoms with E-state index in [1.165, 1.54) is 0 Å². The smallest absolute Gasteiger partial charge is 0.258 e. The molecule has 0 spiro atoms. The average Bonchev–Trinajstić information content (AvgIpc) is 2.74. The van der Waals surface area contributed by atoms with Crippen molar-refractivity contribution in [1.82, 2.24) is 15.0 Å². The summed E-state index contributed by atoms with van der Waals surface area (Å²) in [6.45, 7) is 3.76. The van der Waals surface area contributed by atoms with E-state index < -0.39 is 17.5 Å². The maximum Gasteiger partial charge on any atom is 0.258 e. The van der Waals surface area contributed by atoms with Crippen molar-refractivity contribution in [3.63, 3.8) is 0 Å². The first kappa shape index (κ1) is 21.8. The van der Waals surface area contributed by atoms with Crippen LogP contribution in [0.5, 0.6) is 0 Å². The minimum absolute atomic E-state index is 0.238. The molecule has 7 nitrogen and oxygen atoms in total. The number of rotatable bonds is 6. The van der Waals surface area contributed by atoms with Crippen LogP contribution in [0.4, 0.5) is 37.6 Å². The lowest BCUT2D eigenvalue weighted by molar-refractivity contribution is 0.102. The van der Waals surface area contributed by atoms with Crippen LogP contribution in [0, 0.1) is 25.5 Å². The van der Waals surface area contributed by atoms with Gasteiger partial charge in [-0.25, -0.2) is 23.7 Å². The van der Waals surface area contributed by atoms with E-state index in [4.69, 9.17) is 0 Å². The van der Waals surface area contributed by atoms with Crippen molar-refractivity contribution in [2.45, 2.75) is 13.8 Å².